The molecule has 0 N–H and O–H groups in total. The molecule has 0 aliphatic rings. The van der Waals surface area contributed by atoms with Crippen molar-refractivity contribution >= 4 is 34.5 Å². The van der Waals surface area contributed by atoms with Crippen molar-refractivity contribution in [2.45, 2.75) is 13.1 Å². The third kappa shape index (κ3) is 2.48. The molecule has 2 rings (SSSR count). The number of thiophene rings is 1. The smallest absolute Gasteiger partial charge is 0.253 e. The molecule has 0 fully saturated rings. The van der Waals surface area contributed by atoms with Crippen LogP contribution in [-0.4, -0.2) is 4.98 Å². The average Bonchev–Trinajstić information content (AvgIpc) is 2.59. The number of rotatable bonds is 1. The van der Waals surface area contributed by atoms with E-state index in [-0.39, 0.29) is 5.02 Å². The molecule has 0 unspecified atom stereocenters. The number of alkyl halides is 3. The Morgan fingerprint density at radius 2 is 1.89 bits per heavy atom. The minimum atomic E-state index is -4.45. The summed E-state index contributed by atoms with van der Waals surface area (Å²) >= 11 is 13.0. The van der Waals surface area contributed by atoms with E-state index in [1.807, 2.05) is 0 Å². The third-order valence-corrected chi connectivity index (χ3v) is 4.26. The summed E-state index contributed by atoms with van der Waals surface area (Å²) in [6, 6.07) is 0.872. The molecule has 2 aromatic heterocycles. The van der Waals surface area contributed by atoms with Gasteiger partial charge in [0.05, 0.1) is 26.2 Å². The number of hydrogen-bond acceptors (Lipinski definition) is 2. The zero-order valence-corrected chi connectivity index (χ0v) is 11.3. The minimum absolute atomic E-state index is 0.0357. The predicted molar refractivity (Wildman–Crippen MR) is 67.3 cm³/mol. The van der Waals surface area contributed by atoms with Crippen LogP contribution in [-0.2, 0) is 6.18 Å². The normalized spacial score (nSPS) is 11.9. The standard InChI is InChI=1S/C11H6Cl2F3NS/c1-5-8(13)4-18-10(5)9-7(12)2-6(3-17-9)11(14,15)16/h2-4H,1H3. The third-order valence-electron chi connectivity index (χ3n) is 2.36. The van der Waals surface area contributed by atoms with Crippen LogP contribution in [0.3, 0.4) is 0 Å². The number of nitrogens with zero attached hydrogens (tertiary/aromatic N) is 1. The summed E-state index contributed by atoms with van der Waals surface area (Å²) in [4.78, 5) is 4.47. The molecule has 1 nitrogen and oxygen atoms in total. The van der Waals surface area contributed by atoms with Crippen molar-refractivity contribution in [3.63, 3.8) is 0 Å². The molecule has 96 valence electrons. The molecule has 0 bridgehead atoms. The minimum Gasteiger partial charge on any atom is -0.253 e. The van der Waals surface area contributed by atoms with Gasteiger partial charge in [0.25, 0.3) is 0 Å². The van der Waals surface area contributed by atoms with E-state index in [4.69, 9.17) is 23.2 Å². The lowest BCUT2D eigenvalue weighted by atomic mass is 10.2. The van der Waals surface area contributed by atoms with E-state index >= 15 is 0 Å². The van der Waals surface area contributed by atoms with Gasteiger partial charge in [-0.1, -0.05) is 23.2 Å². The van der Waals surface area contributed by atoms with E-state index in [1.54, 1.807) is 12.3 Å². The number of hydrogen-bond donors (Lipinski definition) is 0. The van der Waals surface area contributed by atoms with E-state index in [2.05, 4.69) is 4.98 Å². The molecule has 0 spiro atoms. The second kappa shape index (κ2) is 4.72. The van der Waals surface area contributed by atoms with Crippen LogP contribution >= 0.6 is 34.5 Å². The SMILES string of the molecule is Cc1c(Cl)csc1-c1ncc(C(F)(F)F)cc1Cl. The van der Waals surface area contributed by atoms with Crippen LogP contribution in [0.1, 0.15) is 11.1 Å². The second-order valence-corrected chi connectivity index (χ2v) is 5.28. The first-order chi connectivity index (χ1) is 8.30. The first-order valence-corrected chi connectivity index (χ1v) is 6.41. The van der Waals surface area contributed by atoms with Crippen LogP contribution in [0.4, 0.5) is 13.2 Å². The Kier molecular flexibility index (Phi) is 3.58. The van der Waals surface area contributed by atoms with Crippen LogP contribution in [0.2, 0.25) is 10.0 Å². The van der Waals surface area contributed by atoms with Gasteiger partial charge in [-0.15, -0.1) is 11.3 Å². The zero-order valence-electron chi connectivity index (χ0n) is 8.98. The van der Waals surface area contributed by atoms with E-state index < -0.39 is 11.7 Å². The molecular formula is C11H6Cl2F3NS. The fourth-order valence-electron chi connectivity index (χ4n) is 1.39. The van der Waals surface area contributed by atoms with Gasteiger partial charge in [-0.3, -0.25) is 4.98 Å². The molecule has 2 aromatic rings. The van der Waals surface area contributed by atoms with E-state index in [0.29, 0.717) is 15.6 Å². The summed E-state index contributed by atoms with van der Waals surface area (Å²) in [5.74, 6) is 0. The van der Waals surface area contributed by atoms with Crippen LogP contribution in [0.15, 0.2) is 17.6 Å². The fourth-order valence-corrected chi connectivity index (χ4v) is 2.95. The summed E-state index contributed by atoms with van der Waals surface area (Å²) in [6.45, 7) is 1.77. The number of aromatic nitrogens is 1. The molecule has 0 saturated carbocycles. The van der Waals surface area contributed by atoms with Gasteiger partial charge in [-0.2, -0.15) is 13.2 Å². The Bertz CT molecular complexity index is 592. The maximum atomic E-state index is 12.5. The van der Waals surface area contributed by atoms with Crippen molar-refractivity contribution in [3.05, 3.63) is 38.8 Å². The van der Waals surface area contributed by atoms with Crippen molar-refractivity contribution in [2.75, 3.05) is 0 Å². The highest BCUT2D eigenvalue weighted by molar-refractivity contribution is 7.14. The molecule has 7 heteroatoms. The van der Waals surface area contributed by atoms with Crippen LogP contribution in [0.5, 0.6) is 0 Å². The fraction of sp³-hybridized carbons (Fsp3) is 0.182. The zero-order chi connectivity index (χ0) is 13.5. The van der Waals surface area contributed by atoms with Gasteiger partial charge >= 0.3 is 6.18 Å². The van der Waals surface area contributed by atoms with Gasteiger partial charge in [0, 0.05) is 11.6 Å². The molecule has 0 saturated heterocycles. The highest BCUT2D eigenvalue weighted by Gasteiger charge is 2.31. The van der Waals surface area contributed by atoms with Gasteiger partial charge in [0.15, 0.2) is 0 Å². The largest absolute Gasteiger partial charge is 0.417 e. The summed E-state index contributed by atoms with van der Waals surface area (Å²) in [5, 5.41) is 2.21. The van der Waals surface area contributed by atoms with Crippen LogP contribution in [0, 0.1) is 6.92 Å². The summed E-state index contributed by atoms with van der Waals surface area (Å²) < 4.78 is 37.4. The molecular weight excluding hydrogens is 306 g/mol. The number of pyridine rings is 1. The maximum Gasteiger partial charge on any atom is 0.417 e. The highest BCUT2D eigenvalue weighted by Crippen LogP contribution is 2.39. The second-order valence-electron chi connectivity index (χ2n) is 3.59. The molecule has 0 radical (unpaired) electrons. The molecule has 0 aromatic carbocycles. The number of halogens is 5. The van der Waals surface area contributed by atoms with Crippen molar-refractivity contribution in [1.29, 1.82) is 0 Å². The Hall–Kier alpha value is -0.780. The topological polar surface area (TPSA) is 12.9 Å². The van der Waals surface area contributed by atoms with Crippen molar-refractivity contribution in [3.8, 4) is 10.6 Å². The van der Waals surface area contributed by atoms with Gasteiger partial charge in [-0.05, 0) is 18.6 Å². The Balaban J connectivity index is 2.52. The summed E-state index contributed by atoms with van der Waals surface area (Å²) in [5.41, 5.74) is 0.214. The van der Waals surface area contributed by atoms with E-state index in [1.165, 1.54) is 11.3 Å². The quantitative estimate of drug-likeness (QED) is 0.683. The maximum absolute atomic E-state index is 12.5. The van der Waals surface area contributed by atoms with Gasteiger partial charge in [0.1, 0.15) is 0 Å². The van der Waals surface area contributed by atoms with Crippen molar-refractivity contribution < 1.29 is 13.2 Å². The van der Waals surface area contributed by atoms with Crippen LogP contribution < -0.4 is 0 Å². The molecule has 2 heterocycles. The summed E-state index contributed by atoms with van der Waals surface area (Å²) in [7, 11) is 0. The average molecular weight is 312 g/mol. The molecule has 0 aliphatic carbocycles. The van der Waals surface area contributed by atoms with Gasteiger partial charge in [0.2, 0.25) is 0 Å². The van der Waals surface area contributed by atoms with E-state index in [0.717, 1.165) is 17.8 Å². The summed E-state index contributed by atoms with van der Waals surface area (Å²) in [6.07, 6.45) is -3.68. The molecule has 0 aliphatic heterocycles. The first-order valence-electron chi connectivity index (χ1n) is 4.77. The van der Waals surface area contributed by atoms with Gasteiger partial charge in [-0.25, -0.2) is 0 Å². The Morgan fingerprint density at radius 1 is 1.22 bits per heavy atom. The van der Waals surface area contributed by atoms with Crippen LogP contribution in [0.25, 0.3) is 10.6 Å². The van der Waals surface area contributed by atoms with Gasteiger partial charge < -0.3 is 0 Å². The van der Waals surface area contributed by atoms with Crippen molar-refractivity contribution in [2.24, 2.45) is 0 Å². The monoisotopic (exact) mass is 311 g/mol. The lowest BCUT2D eigenvalue weighted by molar-refractivity contribution is -0.137. The lowest BCUT2D eigenvalue weighted by Crippen LogP contribution is -2.05. The molecule has 18 heavy (non-hydrogen) atoms. The predicted octanol–water partition coefficient (Wildman–Crippen LogP) is 5.44. The first kappa shape index (κ1) is 13.6. The van der Waals surface area contributed by atoms with Crippen molar-refractivity contribution in [1.82, 2.24) is 4.98 Å². The molecule has 0 atom stereocenters. The Morgan fingerprint density at radius 3 is 2.33 bits per heavy atom. The Labute approximate surface area is 115 Å². The highest BCUT2D eigenvalue weighted by atomic mass is 35.5. The lowest BCUT2D eigenvalue weighted by Gasteiger charge is -2.08. The van der Waals surface area contributed by atoms with E-state index in [9.17, 15) is 13.2 Å². The molecule has 0 amide bonds.